The minimum absolute atomic E-state index is 0.0515. The summed E-state index contributed by atoms with van der Waals surface area (Å²) in [6, 6.07) is 4.14. The van der Waals surface area contributed by atoms with Gasteiger partial charge >= 0.3 is 0 Å². The van der Waals surface area contributed by atoms with Gasteiger partial charge in [0.1, 0.15) is 16.7 Å². The highest BCUT2D eigenvalue weighted by atomic mass is 32.2. The molecule has 11 heteroatoms. The minimum atomic E-state index is -0.639. The quantitative estimate of drug-likeness (QED) is 0.585. The fourth-order valence-corrected chi connectivity index (χ4v) is 3.78. The van der Waals surface area contributed by atoms with Gasteiger partial charge in [0.05, 0.1) is 31.3 Å². The normalized spacial score (nSPS) is 19.6. The van der Waals surface area contributed by atoms with Crippen molar-refractivity contribution in [1.82, 2.24) is 4.90 Å². The Balaban J connectivity index is 1.62. The number of carbonyl (C=O) groups excluding carboxylic acids is 2. The molecule has 2 heterocycles. The molecule has 0 bridgehead atoms. The van der Waals surface area contributed by atoms with Crippen LogP contribution >= 0.6 is 11.8 Å². The first kappa shape index (κ1) is 19.1. The second-order valence-corrected chi connectivity index (χ2v) is 7.00. The van der Waals surface area contributed by atoms with Gasteiger partial charge in [-0.15, -0.1) is 0 Å². The Kier molecular flexibility index (Phi) is 5.91. The molecule has 1 N–H and O–H groups in total. The molecule has 1 fully saturated rings. The number of morpholine rings is 1. The van der Waals surface area contributed by atoms with Gasteiger partial charge in [-0.1, -0.05) is 11.8 Å². The first-order chi connectivity index (χ1) is 13.0. The number of rotatable bonds is 5. The summed E-state index contributed by atoms with van der Waals surface area (Å²) in [6.45, 7) is 2.44. The van der Waals surface area contributed by atoms with E-state index in [-0.39, 0.29) is 23.7 Å². The minimum Gasteiger partial charge on any atom is -0.496 e. The molecular formula is C16H18N4O6S. The number of nitrogens with zero attached hydrogens (tertiary/aromatic N) is 3. The largest absolute Gasteiger partial charge is 0.496 e. The number of amides is 2. The molecule has 0 unspecified atom stereocenters. The standard InChI is InChI=1S/C16H18N4O6S/c1-25-10-2-3-11(12(8-10)20(23)24)17-14(21)9-13-15(22)18-16(27-13)19-4-6-26-7-5-19/h2-3,8,13H,4-7,9H2,1H3,(H,17,21)/t13-/m0/s1. The van der Waals surface area contributed by atoms with Gasteiger partial charge in [0.2, 0.25) is 5.91 Å². The van der Waals surface area contributed by atoms with Crippen LogP contribution in [0.3, 0.4) is 0 Å². The van der Waals surface area contributed by atoms with Crippen LogP contribution in [0.25, 0.3) is 0 Å². The molecule has 0 spiro atoms. The zero-order valence-electron chi connectivity index (χ0n) is 14.5. The molecule has 2 amide bonds. The van der Waals surface area contributed by atoms with E-state index >= 15 is 0 Å². The van der Waals surface area contributed by atoms with Crippen LogP contribution in [-0.2, 0) is 14.3 Å². The van der Waals surface area contributed by atoms with E-state index in [4.69, 9.17) is 9.47 Å². The second-order valence-electron chi connectivity index (χ2n) is 5.83. The highest BCUT2D eigenvalue weighted by Gasteiger charge is 2.33. The highest BCUT2D eigenvalue weighted by Crippen LogP contribution is 2.31. The predicted molar refractivity (Wildman–Crippen MR) is 99.1 cm³/mol. The number of anilines is 1. The molecule has 1 atom stereocenters. The van der Waals surface area contributed by atoms with Gasteiger partial charge in [0, 0.05) is 19.5 Å². The first-order valence-electron chi connectivity index (χ1n) is 8.22. The van der Waals surface area contributed by atoms with Crippen molar-refractivity contribution >= 4 is 40.1 Å². The number of nitro benzene ring substituents is 1. The van der Waals surface area contributed by atoms with Gasteiger partial charge in [-0.3, -0.25) is 19.7 Å². The van der Waals surface area contributed by atoms with Crippen LogP contribution in [0.2, 0.25) is 0 Å². The van der Waals surface area contributed by atoms with Gasteiger partial charge < -0.3 is 19.7 Å². The number of carbonyl (C=O) groups is 2. The number of nitro groups is 1. The van der Waals surface area contributed by atoms with Crippen molar-refractivity contribution in [1.29, 1.82) is 0 Å². The topological polar surface area (TPSA) is 123 Å². The zero-order chi connectivity index (χ0) is 19.4. The van der Waals surface area contributed by atoms with E-state index in [0.717, 1.165) is 0 Å². The van der Waals surface area contributed by atoms with E-state index in [1.54, 1.807) is 0 Å². The van der Waals surface area contributed by atoms with Gasteiger partial charge in [-0.05, 0) is 12.1 Å². The van der Waals surface area contributed by atoms with Crippen LogP contribution in [0.4, 0.5) is 11.4 Å². The van der Waals surface area contributed by atoms with E-state index in [2.05, 4.69) is 10.3 Å². The van der Waals surface area contributed by atoms with Crippen LogP contribution in [0.5, 0.6) is 5.75 Å². The number of hydrogen-bond donors (Lipinski definition) is 1. The van der Waals surface area contributed by atoms with E-state index in [9.17, 15) is 19.7 Å². The molecule has 2 aliphatic rings. The fraction of sp³-hybridized carbons (Fsp3) is 0.438. The third-order valence-corrected chi connectivity index (χ3v) is 5.27. The average molecular weight is 394 g/mol. The Hall–Kier alpha value is -2.66. The molecule has 27 heavy (non-hydrogen) atoms. The molecule has 1 aromatic rings. The molecule has 144 valence electrons. The Morgan fingerprint density at radius 1 is 1.48 bits per heavy atom. The molecule has 0 radical (unpaired) electrons. The zero-order valence-corrected chi connectivity index (χ0v) is 15.4. The summed E-state index contributed by atoms with van der Waals surface area (Å²) in [7, 11) is 1.40. The summed E-state index contributed by atoms with van der Waals surface area (Å²) >= 11 is 1.24. The lowest BCUT2D eigenvalue weighted by Crippen LogP contribution is -2.39. The molecular weight excluding hydrogens is 376 g/mol. The fourth-order valence-electron chi connectivity index (χ4n) is 2.66. The molecule has 1 aromatic carbocycles. The number of amidine groups is 1. The molecule has 0 aliphatic carbocycles. The summed E-state index contributed by atoms with van der Waals surface area (Å²) in [4.78, 5) is 41.0. The van der Waals surface area contributed by atoms with Crippen molar-refractivity contribution in [3.8, 4) is 5.75 Å². The Morgan fingerprint density at radius 2 is 2.22 bits per heavy atom. The van der Waals surface area contributed by atoms with Crippen LogP contribution in [0.1, 0.15) is 6.42 Å². The molecule has 0 saturated carbocycles. The third-order valence-electron chi connectivity index (χ3n) is 4.06. The average Bonchev–Trinajstić information content (AvgIpc) is 3.03. The monoisotopic (exact) mass is 394 g/mol. The van der Waals surface area contributed by atoms with E-state index < -0.39 is 16.1 Å². The number of hydrogen-bond acceptors (Lipinski definition) is 8. The van der Waals surface area contributed by atoms with Gasteiger partial charge in [-0.2, -0.15) is 4.99 Å². The van der Waals surface area contributed by atoms with Crippen LogP contribution in [-0.4, -0.2) is 65.5 Å². The Labute approximate surface area is 159 Å². The maximum absolute atomic E-state index is 12.3. The van der Waals surface area contributed by atoms with Crippen molar-refractivity contribution in [2.75, 3.05) is 38.7 Å². The number of ether oxygens (including phenoxy) is 2. The molecule has 10 nitrogen and oxygen atoms in total. The maximum atomic E-state index is 12.3. The van der Waals surface area contributed by atoms with E-state index in [0.29, 0.717) is 37.2 Å². The molecule has 1 saturated heterocycles. The number of thioether (sulfide) groups is 1. The van der Waals surface area contributed by atoms with Crippen molar-refractivity contribution in [3.63, 3.8) is 0 Å². The maximum Gasteiger partial charge on any atom is 0.296 e. The van der Waals surface area contributed by atoms with Crippen molar-refractivity contribution < 1.29 is 24.0 Å². The lowest BCUT2D eigenvalue weighted by atomic mass is 10.2. The SMILES string of the molecule is COc1ccc(NC(=O)C[C@@H]2SC(N3CCOCC3)=NC2=O)c([N+](=O)[O-])c1. The van der Waals surface area contributed by atoms with E-state index in [1.165, 1.54) is 37.1 Å². The number of benzene rings is 1. The summed E-state index contributed by atoms with van der Waals surface area (Å²) in [5.41, 5.74) is -0.228. The number of methoxy groups -OCH3 is 1. The molecule has 0 aromatic heterocycles. The van der Waals surface area contributed by atoms with Gasteiger partial charge in [0.25, 0.3) is 11.6 Å². The van der Waals surface area contributed by atoms with Crippen LogP contribution in [0.15, 0.2) is 23.2 Å². The summed E-state index contributed by atoms with van der Waals surface area (Å²) in [5.74, 6) is -0.557. The Morgan fingerprint density at radius 3 is 2.89 bits per heavy atom. The summed E-state index contributed by atoms with van der Waals surface area (Å²) < 4.78 is 10.2. The number of nitrogens with one attached hydrogen (secondary N) is 1. The second kappa shape index (κ2) is 8.35. The summed E-state index contributed by atoms with van der Waals surface area (Å²) in [6.07, 6.45) is -0.121. The first-order valence-corrected chi connectivity index (χ1v) is 9.10. The molecule has 2 aliphatic heterocycles. The smallest absolute Gasteiger partial charge is 0.296 e. The summed E-state index contributed by atoms with van der Waals surface area (Å²) in [5, 5.41) is 13.6. The van der Waals surface area contributed by atoms with Crippen molar-refractivity contribution in [2.24, 2.45) is 4.99 Å². The lowest BCUT2D eigenvalue weighted by Gasteiger charge is -2.27. The van der Waals surface area contributed by atoms with Crippen molar-refractivity contribution in [2.45, 2.75) is 11.7 Å². The third kappa shape index (κ3) is 4.55. The Bertz CT molecular complexity index is 793. The van der Waals surface area contributed by atoms with Crippen molar-refractivity contribution in [3.05, 3.63) is 28.3 Å². The highest BCUT2D eigenvalue weighted by molar-refractivity contribution is 8.15. The lowest BCUT2D eigenvalue weighted by molar-refractivity contribution is -0.384. The van der Waals surface area contributed by atoms with E-state index in [1.807, 2.05) is 4.90 Å². The molecule has 3 rings (SSSR count). The predicted octanol–water partition coefficient (Wildman–Crippen LogP) is 1.26. The number of aliphatic imine (C=N–C) groups is 1. The van der Waals surface area contributed by atoms with Gasteiger partial charge in [-0.25, -0.2) is 0 Å². The van der Waals surface area contributed by atoms with Gasteiger partial charge in [0.15, 0.2) is 5.17 Å². The van der Waals surface area contributed by atoms with Crippen LogP contribution < -0.4 is 10.1 Å². The van der Waals surface area contributed by atoms with Crippen LogP contribution in [0, 0.1) is 10.1 Å².